The molecule has 1 N–H and O–H groups in total. The van der Waals surface area contributed by atoms with Crippen LogP contribution in [-0.2, 0) is 26.1 Å². The summed E-state index contributed by atoms with van der Waals surface area (Å²) in [6.45, 7) is 3.94. The highest BCUT2D eigenvalue weighted by Crippen LogP contribution is 2.28. The van der Waals surface area contributed by atoms with Crippen LogP contribution in [-0.4, -0.2) is 69.5 Å². The number of amides is 1. The highest BCUT2D eigenvalue weighted by atomic mass is 35.5. The largest absolute Gasteiger partial charge is 0.379 e. The second kappa shape index (κ2) is 12.4. The molecule has 0 saturated carbocycles. The van der Waals surface area contributed by atoms with E-state index in [1.165, 1.54) is 24.3 Å². The van der Waals surface area contributed by atoms with Gasteiger partial charge < -0.3 is 10.1 Å². The van der Waals surface area contributed by atoms with Gasteiger partial charge in [0.25, 0.3) is 0 Å². The first kappa shape index (κ1) is 26.2. The van der Waals surface area contributed by atoms with Crippen molar-refractivity contribution in [2.75, 3.05) is 45.9 Å². The average molecular weight is 535 g/mol. The number of rotatable bonds is 10. The highest BCUT2D eigenvalue weighted by molar-refractivity contribution is 7.89. The molecule has 1 heterocycles. The Morgan fingerprint density at radius 2 is 1.67 bits per heavy atom. The van der Waals surface area contributed by atoms with E-state index in [1.807, 2.05) is 0 Å². The zero-order valence-corrected chi connectivity index (χ0v) is 21.1. The minimum atomic E-state index is -4.02. The molecule has 1 aliphatic heterocycles. The summed E-state index contributed by atoms with van der Waals surface area (Å²) in [5.74, 6) is -0.405. The lowest BCUT2D eigenvalue weighted by Crippen LogP contribution is -2.41. The van der Waals surface area contributed by atoms with Gasteiger partial charge in [0.1, 0.15) is 0 Å². The summed E-state index contributed by atoms with van der Waals surface area (Å²) in [5, 5.41) is 3.87. The molecule has 11 heteroatoms. The summed E-state index contributed by atoms with van der Waals surface area (Å²) in [6, 6.07) is 10.7. The van der Waals surface area contributed by atoms with Crippen molar-refractivity contribution < 1.29 is 17.9 Å². The summed E-state index contributed by atoms with van der Waals surface area (Å²) in [7, 11) is -4.02. The Bertz CT molecular complexity index is 1030. The zero-order chi connectivity index (χ0) is 23.8. The molecule has 1 fully saturated rings. The fourth-order valence-corrected chi connectivity index (χ4v) is 5.42. The molecule has 0 bridgehead atoms. The van der Waals surface area contributed by atoms with Crippen molar-refractivity contribution in [1.29, 1.82) is 0 Å². The number of benzene rings is 2. The van der Waals surface area contributed by atoms with Crippen molar-refractivity contribution >= 4 is 50.7 Å². The third-order valence-electron chi connectivity index (χ3n) is 5.24. The summed E-state index contributed by atoms with van der Waals surface area (Å²) in [5.41, 5.74) is 0.429. The maximum absolute atomic E-state index is 13.3. The fourth-order valence-electron chi connectivity index (χ4n) is 3.41. The van der Waals surface area contributed by atoms with Gasteiger partial charge in [0.2, 0.25) is 15.9 Å². The minimum absolute atomic E-state index is 0.0233. The van der Waals surface area contributed by atoms with E-state index in [-0.39, 0.29) is 18.0 Å². The molecule has 1 amide bonds. The van der Waals surface area contributed by atoms with E-state index in [2.05, 4.69) is 10.2 Å². The van der Waals surface area contributed by atoms with Crippen LogP contribution in [0.15, 0.2) is 47.4 Å². The van der Waals surface area contributed by atoms with Gasteiger partial charge in [0.05, 0.1) is 24.7 Å². The Hall–Kier alpha value is -1.39. The van der Waals surface area contributed by atoms with E-state index in [4.69, 9.17) is 39.5 Å². The molecule has 0 radical (unpaired) electrons. The fraction of sp³-hybridized carbons (Fsp3) is 0.409. The number of sulfonamides is 1. The maximum Gasteiger partial charge on any atom is 0.243 e. The van der Waals surface area contributed by atoms with Gasteiger partial charge in [-0.25, -0.2) is 8.42 Å². The third kappa shape index (κ3) is 7.55. The van der Waals surface area contributed by atoms with Gasteiger partial charge in [-0.3, -0.25) is 9.69 Å². The van der Waals surface area contributed by atoms with E-state index in [0.29, 0.717) is 40.4 Å². The molecule has 0 aromatic heterocycles. The van der Waals surface area contributed by atoms with Crippen LogP contribution in [0, 0.1) is 0 Å². The number of halogens is 3. The van der Waals surface area contributed by atoms with E-state index in [0.717, 1.165) is 30.4 Å². The molecular formula is C22H26Cl3N3O4S. The van der Waals surface area contributed by atoms with Crippen LogP contribution >= 0.6 is 34.8 Å². The summed E-state index contributed by atoms with van der Waals surface area (Å²) in [4.78, 5) is 15.0. The molecule has 7 nitrogen and oxygen atoms in total. The van der Waals surface area contributed by atoms with Crippen molar-refractivity contribution in [3.8, 4) is 0 Å². The average Bonchev–Trinajstić information content (AvgIpc) is 2.79. The molecule has 33 heavy (non-hydrogen) atoms. The molecular weight excluding hydrogens is 509 g/mol. The SMILES string of the molecule is O=C(CN(Cc1c(Cl)cccc1Cl)S(=O)(=O)c1ccc(Cl)cc1)NCCCN1CCOCC1. The van der Waals surface area contributed by atoms with Crippen LogP contribution in [0.2, 0.25) is 15.1 Å². The van der Waals surface area contributed by atoms with E-state index in [1.54, 1.807) is 18.2 Å². The number of nitrogens with zero attached hydrogens (tertiary/aromatic N) is 2. The predicted molar refractivity (Wildman–Crippen MR) is 130 cm³/mol. The first-order valence-corrected chi connectivity index (χ1v) is 13.1. The quantitative estimate of drug-likeness (QED) is 0.471. The van der Waals surface area contributed by atoms with Crippen LogP contribution in [0.25, 0.3) is 0 Å². The normalized spacial score (nSPS) is 15.0. The first-order valence-electron chi connectivity index (χ1n) is 10.5. The van der Waals surface area contributed by atoms with Crippen LogP contribution in [0.1, 0.15) is 12.0 Å². The number of hydrogen-bond donors (Lipinski definition) is 1. The molecule has 3 rings (SSSR count). The second-order valence-electron chi connectivity index (χ2n) is 7.58. The van der Waals surface area contributed by atoms with Crippen LogP contribution in [0.5, 0.6) is 0 Å². The molecule has 180 valence electrons. The van der Waals surface area contributed by atoms with Crippen molar-refractivity contribution in [3.05, 3.63) is 63.1 Å². The maximum atomic E-state index is 13.3. The lowest BCUT2D eigenvalue weighted by Gasteiger charge is -2.26. The highest BCUT2D eigenvalue weighted by Gasteiger charge is 2.28. The number of ether oxygens (including phenoxy) is 1. The van der Waals surface area contributed by atoms with Gasteiger partial charge in [0.15, 0.2) is 0 Å². The van der Waals surface area contributed by atoms with Crippen molar-refractivity contribution in [1.82, 2.24) is 14.5 Å². The third-order valence-corrected chi connectivity index (χ3v) is 8.01. The van der Waals surface area contributed by atoms with Gasteiger partial charge in [-0.2, -0.15) is 4.31 Å². The molecule has 0 spiro atoms. The number of carbonyl (C=O) groups is 1. The molecule has 1 saturated heterocycles. The second-order valence-corrected chi connectivity index (χ2v) is 10.8. The lowest BCUT2D eigenvalue weighted by molar-refractivity contribution is -0.121. The van der Waals surface area contributed by atoms with Crippen LogP contribution in [0.3, 0.4) is 0 Å². The molecule has 0 unspecified atom stereocenters. The van der Waals surface area contributed by atoms with Gasteiger partial charge >= 0.3 is 0 Å². The first-order chi connectivity index (χ1) is 15.8. The number of nitrogens with one attached hydrogen (secondary N) is 1. The Morgan fingerprint density at radius 1 is 1.03 bits per heavy atom. The lowest BCUT2D eigenvalue weighted by atomic mass is 10.2. The van der Waals surface area contributed by atoms with Crippen LogP contribution in [0.4, 0.5) is 0 Å². The molecule has 1 aliphatic rings. The van der Waals surface area contributed by atoms with E-state index in [9.17, 15) is 13.2 Å². The van der Waals surface area contributed by atoms with Gasteiger partial charge in [-0.1, -0.05) is 40.9 Å². The summed E-state index contributed by atoms with van der Waals surface area (Å²) >= 11 is 18.4. The smallest absolute Gasteiger partial charge is 0.243 e. The topological polar surface area (TPSA) is 79.0 Å². The van der Waals surface area contributed by atoms with Gasteiger partial charge in [-0.05, 0) is 49.4 Å². The molecule has 0 aliphatic carbocycles. The summed E-state index contributed by atoms with van der Waals surface area (Å²) < 4.78 is 33.1. The van der Waals surface area contributed by atoms with Crippen molar-refractivity contribution in [3.63, 3.8) is 0 Å². The van der Waals surface area contributed by atoms with Gasteiger partial charge in [0, 0.05) is 46.8 Å². The number of hydrogen-bond acceptors (Lipinski definition) is 5. The van der Waals surface area contributed by atoms with Crippen molar-refractivity contribution in [2.24, 2.45) is 0 Å². The molecule has 2 aromatic rings. The van der Waals surface area contributed by atoms with E-state index < -0.39 is 15.9 Å². The standard InChI is InChI=1S/C22H26Cl3N3O4S/c23-17-5-7-18(8-6-17)33(30,31)28(15-19-20(24)3-1-4-21(19)25)16-22(29)26-9-2-10-27-11-13-32-14-12-27/h1,3-8H,2,9-16H2,(H,26,29). The van der Waals surface area contributed by atoms with Gasteiger partial charge in [-0.15, -0.1) is 0 Å². The molecule has 0 atom stereocenters. The Labute approximate surface area is 209 Å². The Balaban J connectivity index is 1.69. The minimum Gasteiger partial charge on any atom is -0.379 e. The Morgan fingerprint density at radius 3 is 2.30 bits per heavy atom. The number of morpholine rings is 1. The number of carbonyl (C=O) groups excluding carboxylic acids is 1. The van der Waals surface area contributed by atoms with Crippen LogP contribution < -0.4 is 5.32 Å². The Kier molecular flexibility index (Phi) is 9.81. The monoisotopic (exact) mass is 533 g/mol. The predicted octanol–water partition coefficient (Wildman–Crippen LogP) is 3.68. The summed E-state index contributed by atoms with van der Waals surface area (Å²) in [6.07, 6.45) is 0.756. The van der Waals surface area contributed by atoms with E-state index >= 15 is 0 Å². The molecule has 2 aromatic carbocycles. The zero-order valence-electron chi connectivity index (χ0n) is 18.0. The van der Waals surface area contributed by atoms with Crippen molar-refractivity contribution in [2.45, 2.75) is 17.9 Å².